The molecule has 4 heteroatoms. The molecule has 0 heterocycles. The zero-order chi connectivity index (χ0) is 14.3. The summed E-state index contributed by atoms with van der Waals surface area (Å²) in [6.45, 7) is 4.05. The maximum absolute atomic E-state index is 12.0. The Morgan fingerprint density at radius 1 is 1.42 bits per heavy atom. The largest absolute Gasteiger partial charge is 0.467 e. The minimum atomic E-state index is -0.676. The van der Waals surface area contributed by atoms with E-state index in [0.717, 1.165) is 35.8 Å². The van der Waals surface area contributed by atoms with Crippen LogP contribution in [-0.4, -0.2) is 18.6 Å². The maximum atomic E-state index is 12.0. The lowest BCUT2D eigenvalue weighted by Crippen LogP contribution is -2.44. The lowest BCUT2D eigenvalue weighted by Gasteiger charge is -2.29. The third-order valence-electron chi connectivity index (χ3n) is 3.16. The number of rotatable bonds is 7. The smallest absolute Gasteiger partial charge is 0.331 e. The molecule has 1 aromatic rings. The normalized spacial score (nSPS) is 13.7. The molecule has 0 aliphatic carbocycles. The maximum Gasteiger partial charge on any atom is 0.331 e. The number of hydrogen-bond donors (Lipinski definition) is 1. The van der Waals surface area contributed by atoms with Crippen molar-refractivity contribution in [1.82, 2.24) is 0 Å². The fraction of sp³-hybridized carbons (Fsp3) is 0.533. The average Bonchev–Trinajstić information content (AvgIpc) is 2.38. The molecular formula is C15H22BrNO2. The van der Waals surface area contributed by atoms with Crippen LogP contribution < -0.4 is 5.32 Å². The average molecular weight is 328 g/mol. The number of carbonyl (C=O) groups is 1. The van der Waals surface area contributed by atoms with Crippen molar-refractivity contribution in [1.29, 1.82) is 0 Å². The first-order valence-electron chi connectivity index (χ1n) is 6.64. The second-order valence-corrected chi connectivity index (χ2v) is 5.83. The molecule has 3 nitrogen and oxygen atoms in total. The van der Waals surface area contributed by atoms with Gasteiger partial charge in [-0.1, -0.05) is 48.2 Å². The number of benzene rings is 1. The van der Waals surface area contributed by atoms with Crippen LogP contribution in [0.2, 0.25) is 0 Å². The Labute approximate surface area is 123 Å². The predicted octanol–water partition coefficient (Wildman–Crippen LogP) is 4.37. The predicted molar refractivity (Wildman–Crippen MR) is 82.3 cm³/mol. The van der Waals surface area contributed by atoms with E-state index in [1.807, 2.05) is 31.2 Å². The SMILES string of the molecule is CCCCCC(C)(Nc1cccc(Br)c1)C(=O)OC. The summed E-state index contributed by atoms with van der Waals surface area (Å²) in [6, 6.07) is 7.81. The summed E-state index contributed by atoms with van der Waals surface area (Å²) in [5, 5.41) is 3.30. The quantitative estimate of drug-likeness (QED) is 0.596. The molecule has 1 rings (SSSR count). The number of anilines is 1. The summed E-state index contributed by atoms with van der Waals surface area (Å²) in [5.41, 5.74) is 0.240. The van der Waals surface area contributed by atoms with Crippen LogP contribution in [-0.2, 0) is 9.53 Å². The van der Waals surface area contributed by atoms with E-state index in [2.05, 4.69) is 28.2 Å². The highest BCUT2D eigenvalue weighted by Gasteiger charge is 2.33. The Bertz CT molecular complexity index is 422. The molecule has 0 aliphatic rings. The van der Waals surface area contributed by atoms with Crippen LogP contribution in [0.15, 0.2) is 28.7 Å². The number of methoxy groups -OCH3 is 1. The van der Waals surface area contributed by atoms with Gasteiger partial charge in [0.25, 0.3) is 0 Å². The number of halogens is 1. The van der Waals surface area contributed by atoms with Crippen molar-refractivity contribution in [2.45, 2.75) is 45.1 Å². The van der Waals surface area contributed by atoms with Crippen LogP contribution in [0.5, 0.6) is 0 Å². The van der Waals surface area contributed by atoms with Crippen molar-refractivity contribution in [2.75, 3.05) is 12.4 Å². The topological polar surface area (TPSA) is 38.3 Å². The minimum Gasteiger partial charge on any atom is -0.467 e. The number of hydrogen-bond acceptors (Lipinski definition) is 3. The molecular weight excluding hydrogens is 306 g/mol. The van der Waals surface area contributed by atoms with Crippen LogP contribution in [0.25, 0.3) is 0 Å². The van der Waals surface area contributed by atoms with Gasteiger partial charge in [0, 0.05) is 10.2 Å². The van der Waals surface area contributed by atoms with Gasteiger partial charge in [0.2, 0.25) is 0 Å². The Kier molecular flexibility index (Phi) is 6.35. The highest BCUT2D eigenvalue weighted by atomic mass is 79.9. The van der Waals surface area contributed by atoms with Crippen molar-refractivity contribution in [3.8, 4) is 0 Å². The van der Waals surface area contributed by atoms with E-state index in [4.69, 9.17) is 4.74 Å². The van der Waals surface area contributed by atoms with Crippen LogP contribution in [0.4, 0.5) is 5.69 Å². The molecule has 0 aromatic heterocycles. The van der Waals surface area contributed by atoms with E-state index < -0.39 is 5.54 Å². The monoisotopic (exact) mass is 327 g/mol. The molecule has 0 bridgehead atoms. The molecule has 0 saturated heterocycles. The summed E-state index contributed by atoms with van der Waals surface area (Å²) in [4.78, 5) is 12.0. The summed E-state index contributed by atoms with van der Waals surface area (Å²) in [7, 11) is 1.43. The zero-order valence-corrected chi connectivity index (χ0v) is 13.4. The van der Waals surface area contributed by atoms with Crippen LogP contribution in [0, 0.1) is 0 Å². The molecule has 0 aliphatic heterocycles. The van der Waals surface area contributed by atoms with Crippen molar-refractivity contribution in [2.24, 2.45) is 0 Å². The Morgan fingerprint density at radius 2 is 2.16 bits per heavy atom. The fourth-order valence-corrected chi connectivity index (χ4v) is 2.45. The van der Waals surface area contributed by atoms with Gasteiger partial charge in [0.15, 0.2) is 0 Å². The summed E-state index contributed by atoms with van der Waals surface area (Å²) in [6.07, 6.45) is 4.02. The highest BCUT2D eigenvalue weighted by molar-refractivity contribution is 9.10. The molecule has 106 valence electrons. The van der Waals surface area contributed by atoms with E-state index >= 15 is 0 Å². The van der Waals surface area contributed by atoms with Gasteiger partial charge < -0.3 is 10.1 Å². The van der Waals surface area contributed by atoms with Crippen LogP contribution >= 0.6 is 15.9 Å². The molecule has 0 amide bonds. The molecule has 0 radical (unpaired) electrons. The molecule has 1 N–H and O–H groups in total. The molecule has 1 atom stereocenters. The van der Waals surface area contributed by atoms with Crippen LogP contribution in [0.1, 0.15) is 39.5 Å². The number of nitrogens with one attached hydrogen (secondary N) is 1. The van der Waals surface area contributed by atoms with Crippen molar-refractivity contribution < 1.29 is 9.53 Å². The number of unbranched alkanes of at least 4 members (excludes halogenated alkanes) is 2. The lowest BCUT2D eigenvalue weighted by atomic mass is 9.94. The van der Waals surface area contributed by atoms with Crippen molar-refractivity contribution in [3.63, 3.8) is 0 Å². The van der Waals surface area contributed by atoms with Gasteiger partial charge in [-0.2, -0.15) is 0 Å². The number of carbonyl (C=O) groups excluding carboxylic acids is 1. The fourth-order valence-electron chi connectivity index (χ4n) is 2.05. The molecule has 19 heavy (non-hydrogen) atoms. The Balaban J connectivity index is 2.81. The number of esters is 1. The highest BCUT2D eigenvalue weighted by Crippen LogP contribution is 2.24. The van der Waals surface area contributed by atoms with Gasteiger partial charge in [0.1, 0.15) is 5.54 Å². The van der Waals surface area contributed by atoms with Gasteiger partial charge in [-0.25, -0.2) is 4.79 Å². The first-order chi connectivity index (χ1) is 9.01. The second kappa shape index (κ2) is 7.53. The molecule has 1 aromatic carbocycles. The summed E-state index contributed by atoms with van der Waals surface area (Å²) < 4.78 is 5.92. The zero-order valence-electron chi connectivity index (χ0n) is 11.8. The first kappa shape index (κ1) is 16.0. The van der Waals surface area contributed by atoms with Crippen molar-refractivity contribution in [3.05, 3.63) is 28.7 Å². The molecule has 0 fully saturated rings. The van der Waals surface area contributed by atoms with E-state index in [1.54, 1.807) is 0 Å². The minimum absolute atomic E-state index is 0.219. The summed E-state index contributed by atoms with van der Waals surface area (Å²) in [5.74, 6) is -0.219. The van der Waals surface area contributed by atoms with E-state index in [1.165, 1.54) is 7.11 Å². The van der Waals surface area contributed by atoms with Gasteiger partial charge in [0.05, 0.1) is 7.11 Å². The van der Waals surface area contributed by atoms with E-state index in [9.17, 15) is 4.79 Å². The van der Waals surface area contributed by atoms with Crippen LogP contribution in [0.3, 0.4) is 0 Å². The van der Waals surface area contributed by atoms with Gasteiger partial charge >= 0.3 is 5.97 Å². The Hall–Kier alpha value is -1.03. The molecule has 1 unspecified atom stereocenters. The summed E-state index contributed by atoms with van der Waals surface area (Å²) >= 11 is 3.43. The van der Waals surface area contributed by atoms with Gasteiger partial charge in [-0.3, -0.25) is 0 Å². The molecule has 0 saturated carbocycles. The van der Waals surface area contributed by atoms with E-state index in [-0.39, 0.29) is 5.97 Å². The van der Waals surface area contributed by atoms with Crippen molar-refractivity contribution >= 4 is 27.6 Å². The lowest BCUT2D eigenvalue weighted by molar-refractivity contribution is -0.145. The Morgan fingerprint density at radius 3 is 2.74 bits per heavy atom. The standard InChI is InChI=1S/C15H22BrNO2/c1-4-5-6-10-15(2,14(18)19-3)17-13-9-7-8-12(16)11-13/h7-9,11,17H,4-6,10H2,1-3H3. The number of ether oxygens (including phenoxy) is 1. The van der Waals surface area contributed by atoms with E-state index in [0.29, 0.717) is 0 Å². The molecule has 0 spiro atoms. The second-order valence-electron chi connectivity index (χ2n) is 4.92. The third-order valence-corrected chi connectivity index (χ3v) is 3.65. The van der Waals surface area contributed by atoms with Gasteiger partial charge in [-0.15, -0.1) is 0 Å². The third kappa shape index (κ3) is 4.86. The van der Waals surface area contributed by atoms with Gasteiger partial charge in [-0.05, 0) is 31.5 Å². The first-order valence-corrected chi connectivity index (χ1v) is 7.43.